The SMILES string of the molecule is CCNC(=O)C(CC)N(Cc1ccc(Cl)cc1)C(=O)Cc1cc(C)ccc1C. The van der Waals surface area contributed by atoms with Gasteiger partial charge in [0.2, 0.25) is 11.8 Å². The maximum Gasteiger partial charge on any atom is 0.242 e. The van der Waals surface area contributed by atoms with Gasteiger partial charge in [0.15, 0.2) is 0 Å². The summed E-state index contributed by atoms with van der Waals surface area (Å²) in [6, 6.07) is 13.0. The fourth-order valence-electron chi connectivity index (χ4n) is 3.25. The van der Waals surface area contributed by atoms with Crippen LogP contribution < -0.4 is 5.32 Å². The molecule has 28 heavy (non-hydrogen) atoms. The lowest BCUT2D eigenvalue weighted by molar-refractivity contribution is -0.140. The summed E-state index contributed by atoms with van der Waals surface area (Å²) in [4.78, 5) is 27.6. The van der Waals surface area contributed by atoms with Crippen molar-refractivity contribution >= 4 is 23.4 Å². The fraction of sp³-hybridized carbons (Fsp3) is 0.391. The minimum Gasteiger partial charge on any atom is -0.355 e. The third-order valence-electron chi connectivity index (χ3n) is 4.85. The molecule has 150 valence electrons. The highest BCUT2D eigenvalue weighted by molar-refractivity contribution is 6.30. The lowest BCUT2D eigenvalue weighted by Crippen LogP contribution is -2.49. The van der Waals surface area contributed by atoms with Gasteiger partial charge in [0, 0.05) is 18.1 Å². The maximum atomic E-state index is 13.3. The number of nitrogens with one attached hydrogen (secondary N) is 1. The number of aryl methyl sites for hydroxylation is 2. The van der Waals surface area contributed by atoms with Gasteiger partial charge in [0.25, 0.3) is 0 Å². The van der Waals surface area contributed by atoms with E-state index in [1.807, 2.05) is 58.0 Å². The molecule has 1 N–H and O–H groups in total. The summed E-state index contributed by atoms with van der Waals surface area (Å²) in [6.07, 6.45) is 0.828. The number of benzene rings is 2. The van der Waals surface area contributed by atoms with Crippen molar-refractivity contribution in [1.29, 1.82) is 0 Å². The van der Waals surface area contributed by atoms with Gasteiger partial charge >= 0.3 is 0 Å². The van der Waals surface area contributed by atoms with Crippen molar-refractivity contribution in [2.45, 2.75) is 53.1 Å². The van der Waals surface area contributed by atoms with Crippen LogP contribution in [0.3, 0.4) is 0 Å². The Labute approximate surface area is 172 Å². The molecule has 1 atom stereocenters. The largest absolute Gasteiger partial charge is 0.355 e. The number of halogens is 1. The number of rotatable bonds is 8. The molecule has 0 heterocycles. The van der Waals surface area contributed by atoms with Crippen molar-refractivity contribution in [3.63, 3.8) is 0 Å². The molecule has 2 aromatic rings. The summed E-state index contributed by atoms with van der Waals surface area (Å²) in [6.45, 7) is 8.74. The Morgan fingerprint density at radius 1 is 1.07 bits per heavy atom. The molecule has 0 spiro atoms. The highest BCUT2D eigenvalue weighted by Gasteiger charge is 2.28. The average molecular weight is 401 g/mol. The zero-order valence-electron chi connectivity index (χ0n) is 17.1. The predicted molar refractivity (Wildman–Crippen MR) is 114 cm³/mol. The van der Waals surface area contributed by atoms with Crippen LogP contribution in [0.4, 0.5) is 0 Å². The second-order valence-corrected chi connectivity index (χ2v) is 7.51. The molecule has 0 saturated carbocycles. The van der Waals surface area contributed by atoms with E-state index in [1.54, 1.807) is 17.0 Å². The lowest BCUT2D eigenvalue weighted by atomic mass is 10.0. The van der Waals surface area contributed by atoms with Gasteiger partial charge in [-0.2, -0.15) is 0 Å². The normalized spacial score (nSPS) is 11.8. The number of carbonyl (C=O) groups excluding carboxylic acids is 2. The lowest BCUT2D eigenvalue weighted by Gasteiger charge is -2.31. The molecule has 0 aliphatic carbocycles. The van der Waals surface area contributed by atoms with E-state index in [-0.39, 0.29) is 18.2 Å². The van der Waals surface area contributed by atoms with Crippen molar-refractivity contribution in [3.8, 4) is 0 Å². The Hall–Kier alpha value is -2.33. The van der Waals surface area contributed by atoms with E-state index in [9.17, 15) is 9.59 Å². The van der Waals surface area contributed by atoms with Crippen LogP contribution in [0.25, 0.3) is 0 Å². The molecule has 0 saturated heterocycles. The van der Waals surface area contributed by atoms with Gasteiger partial charge in [-0.1, -0.05) is 54.4 Å². The summed E-state index contributed by atoms with van der Waals surface area (Å²) >= 11 is 5.99. The molecule has 0 aromatic heterocycles. The molecule has 0 radical (unpaired) electrons. The molecule has 0 aliphatic heterocycles. The number of hydrogen-bond donors (Lipinski definition) is 1. The second-order valence-electron chi connectivity index (χ2n) is 7.07. The van der Waals surface area contributed by atoms with Crippen molar-refractivity contribution < 1.29 is 9.59 Å². The number of nitrogens with zero attached hydrogens (tertiary/aromatic N) is 1. The van der Waals surface area contributed by atoms with Gasteiger partial charge in [0.1, 0.15) is 6.04 Å². The molecule has 0 bridgehead atoms. The molecule has 1 unspecified atom stereocenters. The molecule has 2 rings (SSSR count). The quantitative estimate of drug-likeness (QED) is 0.711. The molecule has 5 heteroatoms. The summed E-state index contributed by atoms with van der Waals surface area (Å²) in [7, 11) is 0. The van der Waals surface area contributed by atoms with Crippen molar-refractivity contribution in [2.24, 2.45) is 0 Å². The Bertz CT molecular complexity index is 818. The second kappa shape index (κ2) is 10.3. The Kier molecular flexibility index (Phi) is 8.06. The Balaban J connectivity index is 2.32. The van der Waals surface area contributed by atoms with Crippen molar-refractivity contribution in [2.75, 3.05) is 6.54 Å². The van der Waals surface area contributed by atoms with Gasteiger partial charge in [-0.05, 0) is 56.0 Å². The van der Waals surface area contributed by atoms with Gasteiger partial charge < -0.3 is 10.2 Å². The highest BCUT2D eigenvalue weighted by Crippen LogP contribution is 2.18. The first-order valence-corrected chi connectivity index (χ1v) is 10.1. The van der Waals surface area contributed by atoms with Crippen LogP contribution in [0, 0.1) is 13.8 Å². The molecule has 4 nitrogen and oxygen atoms in total. The van der Waals surface area contributed by atoms with Crippen LogP contribution in [-0.4, -0.2) is 29.3 Å². The summed E-state index contributed by atoms with van der Waals surface area (Å²) in [5, 5.41) is 3.50. The molecular weight excluding hydrogens is 372 g/mol. The third-order valence-corrected chi connectivity index (χ3v) is 5.10. The van der Waals surface area contributed by atoms with E-state index < -0.39 is 6.04 Å². The van der Waals surface area contributed by atoms with E-state index in [1.165, 1.54) is 0 Å². The smallest absolute Gasteiger partial charge is 0.242 e. The highest BCUT2D eigenvalue weighted by atomic mass is 35.5. The average Bonchev–Trinajstić information content (AvgIpc) is 2.66. The van der Waals surface area contributed by atoms with Crippen LogP contribution in [0.5, 0.6) is 0 Å². The van der Waals surface area contributed by atoms with E-state index in [2.05, 4.69) is 5.32 Å². The Morgan fingerprint density at radius 2 is 1.75 bits per heavy atom. The fourth-order valence-corrected chi connectivity index (χ4v) is 3.38. The summed E-state index contributed by atoms with van der Waals surface area (Å²) in [5.41, 5.74) is 4.14. The van der Waals surface area contributed by atoms with E-state index >= 15 is 0 Å². The number of amides is 2. The standard InChI is InChI=1S/C23H29ClN2O2/c1-5-21(23(28)25-6-2)26(15-18-9-11-20(24)12-10-18)22(27)14-19-13-16(3)7-8-17(19)4/h7-13,21H,5-6,14-15H2,1-4H3,(H,25,28). The topological polar surface area (TPSA) is 49.4 Å². The first kappa shape index (κ1) is 22.0. The van der Waals surface area contributed by atoms with E-state index in [0.29, 0.717) is 24.5 Å². The maximum absolute atomic E-state index is 13.3. The van der Waals surface area contributed by atoms with Gasteiger partial charge in [-0.3, -0.25) is 9.59 Å². The zero-order valence-corrected chi connectivity index (χ0v) is 17.8. The van der Waals surface area contributed by atoms with Crippen LogP contribution in [-0.2, 0) is 22.6 Å². The predicted octanol–water partition coefficient (Wildman–Crippen LogP) is 4.44. The number of hydrogen-bond acceptors (Lipinski definition) is 2. The summed E-state index contributed by atoms with van der Waals surface area (Å²) in [5.74, 6) is -0.171. The van der Waals surface area contributed by atoms with E-state index in [4.69, 9.17) is 11.6 Å². The zero-order chi connectivity index (χ0) is 20.7. The van der Waals surface area contributed by atoms with Crippen LogP contribution in [0.2, 0.25) is 5.02 Å². The summed E-state index contributed by atoms with van der Waals surface area (Å²) < 4.78 is 0. The van der Waals surface area contributed by atoms with Gasteiger partial charge in [0.05, 0.1) is 6.42 Å². The van der Waals surface area contributed by atoms with Crippen molar-refractivity contribution in [3.05, 3.63) is 69.7 Å². The molecule has 0 aliphatic rings. The number of carbonyl (C=O) groups is 2. The van der Waals surface area contributed by atoms with Crippen LogP contribution >= 0.6 is 11.6 Å². The molecular formula is C23H29ClN2O2. The van der Waals surface area contributed by atoms with E-state index in [0.717, 1.165) is 22.3 Å². The minimum absolute atomic E-state index is 0.0539. The van der Waals surface area contributed by atoms with Crippen LogP contribution in [0.15, 0.2) is 42.5 Å². The third kappa shape index (κ3) is 5.83. The Morgan fingerprint density at radius 3 is 2.36 bits per heavy atom. The molecule has 2 amide bonds. The van der Waals surface area contributed by atoms with Crippen molar-refractivity contribution in [1.82, 2.24) is 10.2 Å². The number of likely N-dealkylation sites (N-methyl/N-ethyl adjacent to an activating group) is 1. The molecule has 2 aromatic carbocycles. The van der Waals surface area contributed by atoms with Gasteiger partial charge in [-0.25, -0.2) is 0 Å². The molecule has 0 fully saturated rings. The first-order valence-electron chi connectivity index (χ1n) is 9.73. The monoisotopic (exact) mass is 400 g/mol. The minimum atomic E-state index is -0.506. The van der Waals surface area contributed by atoms with Crippen LogP contribution in [0.1, 0.15) is 42.5 Å². The first-order chi connectivity index (χ1) is 13.3. The van der Waals surface area contributed by atoms with Gasteiger partial charge in [-0.15, -0.1) is 0 Å².